The first kappa shape index (κ1) is 38.8. The maximum Gasteiger partial charge on any atom is 0.143 e. The molecule has 0 aliphatic heterocycles. The van der Waals surface area contributed by atoms with E-state index in [-0.39, 0.29) is 0 Å². The van der Waals surface area contributed by atoms with Crippen molar-refractivity contribution in [1.29, 1.82) is 10.5 Å². The first-order valence-electron chi connectivity index (χ1n) is 25.1. The molecule has 10 aromatic carbocycles. The summed E-state index contributed by atoms with van der Waals surface area (Å²) in [5, 5.41) is 32.3. The topological polar surface area (TPSA) is 65.1 Å². The van der Waals surface area contributed by atoms with Crippen LogP contribution in [0.25, 0.3) is 81.9 Å². The quantitative estimate of drug-likeness (QED) is 0.165. The van der Waals surface area contributed by atoms with Crippen LogP contribution in [0.5, 0.6) is 0 Å². The smallest absolute Gasteiger partial charge is 0.143 e. The fraction of sp³-hybridized carbons (Fsp3) is 0.118. The lowest BCUT2D eigenvalue weighted by Gasteiger charge is -2.55. The Bertz CT molecular complexity index is 4530. The molecule has 4 nitrogen and oxygen atoms in total. The number of para-hydroxylation sites is 1. The van der Waals surface area contributed by atoms with E-state index < -0.39 is 21.7 Å². The Morgan fingerprint density at radius 1 is 0.403 bits per heavy atom. The third kappa shape index (κ3) is 3.92. The number of aromatic nitrogens is 1. The van der Waals surface area contributed by atoms with Crippen LogP contribution in [0.1, 0.15) is 106 Å². The molecule has 0 spiro atoms. The van der Waals surface area contributed by atoms with Gasteiger partial charge >= 0.3 is 0 Å². The third-order valence-corrected chi connectivity index (χ3v) is 18.9. The van der Waals surface area contributed by atoms with Crippen molar-refractivity contribution in [1.82, 2.24) is 4.40 Å². The minimum Gasteiger partial charge on any atom is -0.455 e. The number of furan rings is 1. The molecule has 6 aliphatic carbocycles. The van der Waals surface area contributed by atoms with Crippen LogP contribution in [0.4, 0.5) is 0 Å². The van der Waals surface area contributed by atoms with Gasteiger partial charge in [-0.1, -0.05) is 140 Å². The number of hydrogen-bond acceptors (Lipinski definition) is 3. The van der Waals surface area contributed by atoms with Crippen molar-refractivity contribution in [2.45, 2.75) is 49.4 Å². The van der Waals surface area contributed by atoms with Crippen LogP contribution in [0.3, 0.4) is 0 Å². The number of nitriles is 2. The summed E-state index contributed by atoms with van der Waals surface area (Å²) in [6, 6.07) is 70.0. The highest BCUT2D eigenvalue weighted by Gasteiger charge is 2.59. The molecule has 72 heavy (non-hydrogen) atoms. The summed E-state index contributed by atoms with van der Waals surface area (Å²) in [7, 11) is 0. The van der Waals surface area contributed by atoms with Crippen LogP contribution in [0.15, 0.2) is 180 Å². The lowest BCUT2D eigenvalue weighted by atomic mass is 9.47. The molecule has 0 fully saturated rings. The first-order chi connectivity index (χ1) is 35.2. The Morgan fingerprint density at radius 2 is 0.792 bits per heavy atom. The van der Waals surface area contributed by atoms with Gasteiger partial charge in [-0.15, -0.1) is 0 Å². The molecular weight excluding hydrogens is 875 g/mol. The minimum absolute atomic E-state index is 0.594. The van der Waals surface area contributed by atoms with E-state index >= 15 is 0 Å². The van der Waals surface area contributed by atoms with Crippen LogP contribution in [-0.2, 0) is 21.7 Å². The van der Waals surface area contributed by atoms with Gasteiger partial charge in [0.1, 0.15) is 11.2 Å². The van der Waals surface area contributed by atoms with E-state index in [9.17, 15) is 10.5 Å². The van der Waals surface area contributed by atoms with Gasteiger partial charge in [-0.2, -0.15) is 10.5 Å². The van der Waals surface area contributed by atoms with E-state index in [1.165, 1.54) is 55.6 Å². The Labute approximate surface area is 414 Å². The molecule has 334 valence electrons. The number of rotatable bonds is 1. The molecule has 19 rings (SSSR count). The zero-order chi connectivity index (χ0) is 47.9. The van der Waals surface area contributed by atoms with E-state index in [2.05, 4.69) is 220 Å². The Hall–Kier alpha value is -8.96. The van der Waals surface area contributed by atoms with Gasteiger partial charge in [0.15, 0.2) is 0 Å². The number of nitrogens with zero attached hydrogens (tertiary/aromatic N) is 3. The molecule has 0 atom stereocenters. The molecule has 13 aromatic rings. The van der Waals surface area contributed by atoms with Gasteiger partial charge in [-0.05, 0) is 147 Å². The van der Waals surface area contributed by atoms with Crippen LogP contribution in [0.2, 0.25) is 0 Å². The van der Waals surface area contributed by atoms with Crippen molar-refractivity contribution in [2.75, 3.05) is 0 Å². The predicted octanol–water partition coefficient (Wildman–Crippen LogP) is 16.0. The largest absolute Gasteiger partial charge is 0.455 e. The normalized spacial score (nSPS) is 21.8. The lowest BCUT2D eigenvalue weighted by Crippen LogP contribution is -2.48. The van der Waals surface area contributed by atoms with Gasteiger partial charge in [0.25, 0.3) is 0 Å². The van der Waals surface area contributed by atoms with Gasteiger partial charge < -0.3 is 8.82 Å². The van der Waals surface area contributed by atoms with Crippen LogP contribution in [-0.4, -0.2) is 4.40 Å². The zero-order valence-corrected chi connectivity index (χ0v) is 40.0. The third-order valence-electron chi connectivity index (χ3n) is 18.9. The molecule has 6 aliphatic rings. The molecule has 4 bridgehead atoms. The monoisotopic (exact) mass is 915 g/mol. The van der Waals surface area contributed by atoms with Crippen LogP contribution < -0.4 is 0 Å². The Morgan fingerprint density at radius 3 is 1.24 bits per heavy atom. The molecule has 0 amide bonds. The average molecular weight is 916 g/mol. The van der Waals surface area contributed by atoms with E-state index in [4.69, 9.17) is 4.42 Å². The van der Waals surface area contributed by atoms with Crippen LogP contribution >= 0.6 is 0 Å². The van der Waals surface area contributed by atoms with Crippen molar-refractivity contribution >= 4 is 70.8 Å². The first-order valence-corrected chi connectivity index (χ1v) is 25.1. The van der Waals surface area contributed by atoms with Crippen molar-refractivity contribution in [3.05, 3.63) is 254 Å². The van der Waals surface area contributed by atoms with Crippen molar-refractivity contribution in [2.24, 2.45) is 0 Å². The summed E-state index contributed by atoms with van der Waals surface area (Å²) >= 11 is 0. The van der Waals surface area contributed by atoms with E-state index in [1.807, 2.05) is 0 Å². The molecule has 3 aromatic heterocycles. The van der Waals surface area contributed by atoms with Crippen molar-refractivity contribution in [3.8, 4) is 23.3 Å². The average Bonchev–Trinajstić information content (AvgIpc) is 4.08. The molecule has 0 saturated carbocycles. The molecule has 4 heteroatoms. The molecule has 0 N–H and O–H groups in total. The lowest BCUT2D eigenvalue weighted by molar-refractivity contribution is 0.514. The fourth-order valence-electron chi connectivity index (χ4n) is 16.1. The van der Waals surface area contributed by atoms with Crippen molar-refractivity contribution in [3.63, 3.8) is 0 Å². The maximum atomic E-state index is 11.6. The summed E-state index contributed by atoms with van der Waals surface area (Å²) in [6.45, 7) is 9.49. The highest BCUT2D eigenvalue weighted by atomic mass is 16.3. The van der Waals surface area contributed by atoms with Gasteiger partial charge in [0.2, 0.25) is 0 Å². The summed E-state index contributed by atoms with van der Waals surface area (Å²) in [4.78, 5) is 0. The van der Waals surface area contributed by atoms with E-state index in [0.29, 0.717) is 11.1 Å². The van der Waals surface area contributed by atoms with Gasteiger partial charge in [-0.25, -0.2) is 0 Å². The highest BCUT2D eigenvalue weighted by Crippen LogP contribution is 2.67. The summed E-state index contributed by atoms with van der Waals surface area (Å²) in [5.74, 6) is 0. The second-order valence-electron chi connectivity index (χ2n) is 21.7. The molecular formula is C68H41N3O. The molecule has 0 saturated heterocycles. The summed E-state index contributed by atoms with van der Waals surface area (Å²) < 4.78 is 9.49. The maximum absolute atomic E-state index is 11.6. The fourth-order valence-corrected chi connectivity index (χ4v) is 16.1. The highest BCUT2D eigenvalue weighted by molar-refractivity contribution is 6.29. The second kappa shape index (κ2) is 12.3. The number of benzene rings is 10. The zero-order valence-electron chi connectivity index (χ0n) is 40.0. The molecule has 0 radical (unpaired) electrons. The SMILES string of the molecule is CC12c3ccccc3C(C)(c3ccccc31)c1c2c(C#N)cc2c1c1cc(-c3c4ccccc4cc4c3oc3ccccc34)cc3c4c5c(c(C#N)cc4n2c13)C1(C)c2ccccc2C5(C)c2ccccc21. The van der Waals surface area contributed by atoms with Crippen molar-refractivity contribution < 1.29 is 4.42 Å². The minimum atomic E-state index is -0.601. The summed E-state index contributed by atoms with van der Waals surface area (Å²) in [5.41, 5.74) is 20.6. The number of fused-ring (bicyclic) bond motifs is 10. The van der Waals surface area contributed by atoms with Gasteiger partial charge in [0, 0.05) is 59.5 Å². The number of hydrogen-bond donors (Lipinski definition) is 0. The molecule has 0 unspecified atom stereocenters. The summed E-state index contributed by atoms with van der Waals surface area (Å²) in [6.07, 6.45) is 0. The van der Waals surface area contributed by atoms with Gasteiger partial charge in [0.05, 0.1) is 39.8 Å². The van der Waals surface area contributed by atoms with E-state index in [1.54, 1.807) is 0 Å². The molecule has 3 heterocycles. The van der Waals surface area contributed by atoms with Gasteiger partial charge in [-0.3, -0.25) is 0 Å². The predicted molar refractivity (Wildman–Crippen MR) is 289 cm³/mol. The standard InChI is InChI=1S/C68H41N3O/c1-65-45-20-8-12-24-49(45)67(3,50-25-13-9-21-46(50)65)61-57-43-30-37(56-40-18-6-5-17-36(40)29-42-41-19-7-16-28-55(41)72-64(42)56)31-44-58-54(71(63(43)44)53(57)32-38(34-69)59(61)65)33-39(35-70)60-62(58)68(4)51-26-14-10-22-47(51)66(60,2)48-23-11-15-27-52(48)68/h5-33H,1-4H3. The Balaban J connectivity index is 1.14. The van der Waals surface area contributed by atoms with Crippen LogP contribution in [0, 0.1) is 22.7 Å². The Kier molecular flexibility index (Phi) is 6.64. The van der Waals surface area contributed by atoms with E-state index in [0.717, 1.165) is 93.1 Å². The second-order valence-corrected chi connectivity index (χ2v) is 21.7.